The summed E-state index contributed by atoms with van der Waals surface area (Å²) < 4.78 is 1.02. The largest absolute Gasteiger partial charge is 0.353 e. The molecular weight excluding hydrogens is 302 g/mol. The fourth-order valence-electron chi connectivity index (χ4n) is 2.78. The molecule has 2 fully saturated rings. The molecule has 1 aromatic heterocycles. The number of hydrogen-bond donors (Lipinski definition) is 1. The first kappa shape index (κ1) is 15.1. The highest BCUT2D eigenvalue weighted by Gasteiger charge is 2.41. The Hall–Kier alpha value is -0.840. The Kier molecular flexibility index (Phi) is 4.38. The van der Waals surface area contributed by atoms with Gasteiger partial charge in [-0.1, -0.05) is 23.1 Å². The Morgan fingerprint density at radius 2 is 2.19 bits per heavy atom. The highest BCUT2D eigenvalue weighted by molar-refractivity contribution is 8.01. The fraction of sp³-hybridized carbons (Fsp3) is 0.786. The molecule has 0 aliphatic heterocycles. The zero-order valence-electron chi connectivity index (χ0n) is 12.5. The third-order valence-electron chi connectivity index (χ3n) is 4.02. The highest BCUT2D eigenvalue weighted by atomic mass is 32.2. The van der Waals surface area contributed by atoms with Gasteiger partial charge in [0, 0.05) is 25.4 Å². The quantitative estimate of drug-likeness (QED) is 0.899. The van der Waals surface area contributed by atoms with Crippen molar-refractivity contribution in [3.8, 4) is 6.07 Å². The van der Waals surface area contributed by atoms with Crippen LogP contribution in [0.3, 0.4) is 0 Å². The van der Waals surface area contributed by atoms with Gasteiger partial charge in [0.15, 0.2) is 4.34 Å². The molecule has 114 valence electrons. The van der Waals surface area contributed by atoms with Gasteiger partial charge < -0.3 is 4.90 Å². The molecule has 2 saturated carbocycles. The van der Waals surface area contributed by atoms with E-state index in [1.54, 1.807) is 23.1 Å². The topological polar surface area (TPSA) is 64.8 Å². The van der Waals surface area contributed by atoms with Crippen LogP contribution in [0, 0.1) is 11.3 Å². The molecule has 1 aromatic rings. The molecule has 7 heteroatoms. The number of rotatable bonds is 5. The third kappa shape index (κ3) is 3.68. The van der Waals surface area contributed by atoms with E-state index < -0.39 is 0 Å². The third-order valence-corrected chi connectivity index (χ3v) is 6.47. The second-order valence-electron chi connectivity index (χ2n) is 6.19. The van der Waals surface area contributed by atoms with Crippen molar-refractivity contribution < 1.29 is 0 Å². The van der Waals surface area contributed by atoms with E-state index in [2.05, 4.69) is 21.6 Å². The van der Waals surface area contributed by atoms with Crippen LogP contribution in [0.1, 0.15) is 38.5 Å². The molecule has 2 atom stereocenters. The maximum atomic E-state index is 9.63. The van der Waals surface area contributed by atoms with Crippen LogP contribution in [-0.2, 0) is 0 Å². The standard InChI is InChI=1S/C14H21N5S2/c1-19(2)12-17-18-13(21-12)20-11-4-3-7-14(8-11,9-15)16-10-5-6-10/h10-11,16H,3-8H2,1-2H3. The number of anilines is 1. The van der Waals surface area contributed by atoms with Crippen molar-refractivity contribution in [2.24, 2.45) is 0 Å². The summed E-state index contributed by atoms with van der Waals surface area (Å²) in [6.07, 6.45) is 6.63. The lowest BCUT2D eigenvalue weighted by Crippen LogP contribution is -2.49. The number of nitriles is 1. The average Bonchev–Trinajstić information content (AvgIpc) is 3.14. The molecule has 2 aliphatic carbocycles. The van der Waals surface area contributed by atoms with Gasteiger partial charge in [-0.25, -0.2) is 0 Å². The lowest BCUT2D eigenvalue weighted by Gasteiger charge is -2.36. The van der Waals surface area contributed by atoms with Crippen LogP contribution in [0.4, 0.5) is 5.13 Å². The second kappa shape index (κ2) is 6.11. The van der Waals surface area contributed by atoms with Crippen molar-refractivity contribution in [1.82, 2.24) is 15.5 Å². The summed E-state index contributed by atoms with van der Waals surface area (Å²) in [5.41, 5.74) is -0.313. The molecule has 0 saturated heterocycles. The summed E-state index contributed by atoms with van der Waals surface area (Å²) in [6, 6.07) is 3.14. The molecule has 3 rings (SSSR count). The SMILES string of the molecule is CN(C)c1nnc(SC2CCCC(C#N)(NC3CC3)C2)s1. The number of aromatic nitrogens is 2. The second-order valence-corrected chi connectivity index (χ2v) is 8.70. The fourth-order valence-corrected chi connectivity index (χ4v) is 5.13. The van der Waals surface area contributed by atoms with Crippen LogP contribution in [0.2, 0.25) is 0 Å². The summed E-state index contributed by atoms with van der Waals surface area (Å²) in [5, 5.41) is 23.1. The van der Waals surface area contributed by atoms with Gasteiger partial charge in [-0.15, -0.1) is 10.2 Å². The molecule has 0 spiro atoms. The Morgan fingerprint density at radius 3 is 2.81 bits per heavy atom. The van der Waals surface area contributed by atoms with E-state index in [1.165, 1.54) is 12.8 Å². The van der Waals surface area contributed by atoms with E-state index in [9.17, 15) is 5.26 Å². The first-order valence-electron chi connectivity index (χ1n) is 7.47. The zero-order chi connectivity index (χ0) is 14.9. The minimum atomic E-state index is -0.313. The van der Waals surface area contributed by atoms with Gasteiger partial charge in [-0.3, -0.25) is 5.32 Å². The Morgan fingerprint density at radius 1 is 1.38 bits per heavy atom. The van der Waals surface area contributed by atoms with Crippen LogP contribution in [0.5, 0.6) is 0 Å². The van der Waals surface area contributed by atoms with E-state index in [4.69, 9.17) is 0 Å². The molecular formula is C14H21N5S2. The van der Waals surface area contributed by atoms with Crippen LogP contribution in [-0.4, -0.2) is 41.1 Å². The maximum Gasteiger partial charge on any atom is 0.208 e. The molecule has 1 N–H and O–H groups in total. The van der Waals surface area contributed by atoms with Gasteiger partial charge in [0.1, 0.15) is 5.54 Å². The summed E-state index contributed by atoms with van der Waals surface area (Å²) >= 11 is 3.43. The Labute approximate surface area is 134 Å². The number of thioether (sulfide) groups is 1. The van der Waals surface area contributed by atoms with Crippen molar-refractivity contribution in [1.29, 1.82) is 5.26 Å². The van der Waals surface area contributed by atoms with E-state index in [1.807, 2.05) is 19.0 Å². The molecule has 0 bridgehead atoms. The van der Waals surface area contributed by atoms with E-state index in [0.29, 0.717) is 11.3 Å². The van der Waals surface area contributed by atoms with Crippen molar-refractivity contribution in [3.63, 3.8) is 0 Å². The van der Waals surface area contributed by atoms with Gasteiger partial charge >= 0.3 is 0 Å². The normalized spacial score (nSPS) is 29.1. The molecule has 1 heterocycles. The predicted octanol–water partition coefficient (Wildman–Crippen LogP) is 2.65. The van der Waals surface area contributed by atoms with Crippen molar-refractivity contribution >= 4 is 28.2 Å². The minimum Gasteiger partial charge on any atom is -0.353 e. The monoisotopic (exact) mass is 323 g/mol. The smallest absolute Gasteiger partial charge is 0.208 e. The van der Waals surface area contributed by atoms with E-state index in [-0.39, 0.29) is 5.54 Å². The van der Waals surface area contributed by atoms with Crippen molar-refractivity contribution in [2.75, 3.05) is 19.0 Å². The average molecular weight is 323 g/mol. The van der Waals surface area contributed by atoms with Gasteiger partial charge in [0.05, 0.1) is 6.07 Å². The number of nitrogens with zero attached hydrogens (tertiary/aromatic N) is 4. The molecule has 21 heavy (non-hydrogen) atoms. The summed E-state index contributed by atoms with van der Waals surface area (Å²) in [7, 11) is 3.96. The Bertz CT molecular complexity index is 534. The van der Waals surface area contributed by atoms with Gasteiger partial charge in [0.2, 0.25) is 5.13 Å². The minimum absolute atomic E-state index is 0.313. The first-order chi connectivity index (χ1) is 10.1. The molecule has 0 radical (unpaired) electrons. The first-order valence-corrected chi connectivity index (χ1v) is 9.16. The summed E-state index contributed by atoms with van der Waals surface area (Å²) in [6.45, 7) is 0. The van der Waals surface area contributed by atoms with Gasteiger partial charge in [-0.05, 0) is 38.5 Å². The van der Waals surface area contributed by atoms with Crippen molar-refractivity contribution in [2.45, 2.75) is 59.7 Å². The van der Waals surface area contributed by atoms with Crippen LogP contribution >= 0.6 is 23.1 Å². The summed E-state index contributed by atoms with van der Waals surface area (Å²) in [5.74, 6) is 0. The zero-order valence-corrected chi connectivity index (χ0v) is 14.1. The van der Waals surface area contributed by atoms with Gasteiger partial charge in [0.25, 0.3) is 0 Å². The van der Waals surface area contributed by atoms with Crippen LogP contribution in [0.25, 0.3) is 0 Å². The van der Waals surface area contributed by atoms with E-state index in [0.717, 1.165) is 35.2 Å². The lowest BCUT2D eigenvalue weighted by atomic mass is 9.82. The molecule has 0 amide bonds. The van der Waals surface area contributed by atoms with Crippen LogP contribution in [0.15, 0.2) is 4.34 Å². The molecule has 5 nitrogen and oxygen atoms in total. The van der Waals surface area contributed by atoms with Gasteiger partial charge in [-0.2, -0.15) is 5.26 Å². The Balaban J connectivity index is 1.63. The predicted molar refractivity (Wildman–Crippen MR) is 86.9 cm³/mol. The lowest BCUT2D eigenvalue weighted by molar-refractivity contribution is 0.301. The van der Waals surface area contributed by atoms with E-state index >= 15 is 0 Å². The molecule has 2 unspecified atom stereocenters. The maximum absolute atomic E-state index is 9.63. The number of nitrogens with one attached hydrogen (secondary N) is 1. The van der Waals surface area contributed by atoms with Crippen molar-refractivity contribution in [3.05, 3.63) is 0 Å². The summed E-state index contributed by atoms with van der Waals surface area (Å²) in [4.78, 5) is 1.98. The highest BCUT2D eigenvalue weighted by Crippen LogP contribution is 2.41. The van der Waals surface area contributed by atoms with Crippen LogP contribution < -0.4 is 10.2 Å². The number of hydrogen-bond acceptors (Lipinski definition) is 7. The molecule has 0 aromatic carbocycles. The molecule has 2 aliphatic rings.